The van der Waals surface area contributed by atoms with E-state index in [1.807, 2.05) is 0 Å². The Morgan fingerprint density at radius 3 is 2.29 bits per heavy atom. The SMILES string of the molecule is C=C/C(=C1\CCO[Si]1(C)C)[Si](C)(C)C. The van der Waals surface area contributed by atoms with Gasteiger partial charge in [-0.3, -0.25) is 0 Å². The Morgan fingerprint density at radius 1 is 1.43 bits per heavy atom. The summed E-state index contributed by atoms with van der Waals surface area (Å²) in [6.45, 7) is 16.7. The van der Waals surface area contributed by atoms with Crippen molar-refractivity contribution in [3.8, 4) is 0 Å². The molecule has 1 heterocycles. The average molecular weight is 226 g/mol. The van der Waals surface area contributed by atoms with Crippen molar-refractivity contribution in [3.05, 3.63) is 23.0 Å². The van der Waals surface area contributed by atoms with Gasteiger partial charge in [-0.05, 0) is 19.5 Å². The number of allylic oxidation sites excluding steroid dienone is 2. The van der Waals surface area contributed by atoms with E-state index in [9.17, 15) is 0 Å². The molecule has 0 radical (unpaired) electrons. The van der Waals surface area contributed by atoms with Crippen molar-refractivity contribution >= 4 is 16.4 Å². The van der Waals surface area contributed by atoms with E-state index >= 15 is 0 Å². The first-order valence-electron chi connectivity index (χ1n) is 5.29. The zero-order chi connectivity index (χ0) is 11.0. The minimum absolute atomic E-state index is 0.927. The lowest BCUT2D eigenvalue weighted by Crippen LogP contribution is -2.33. The van der Waals surface area contributed by atoms with Crippen LogP contribution in [-0.2, 0) is 4.43 Å². The van der Waals surface area contributed by atoms with E-state index in [2.05, 4.69) is 45.4 Å². The minimum Gasteiger partial charge on any atom is -0.413 e. The van der Waals surface area contributed by atoms with Crippen molar-refractivity contribution in [3.63, 3.8) is 0 Å². The van der Waals surface area contributed by atoms with Gasteiger partial charge in [0.25, 0.3) is 0 Å². The fourth-order valence-corrected chi connectivity index (χ4v) is 8.05. The summed E-state index contributed by atoms with van der Waals surface area (Å²) in [4.78, 5) is 0. The molecular formula is C11H22OSi2. The van der Waals surface area contributed by atoms with Gasteiger partial charge >= 0.3 is 0 Å². The maximum absolute atomic E-state index is 5.89. The van der Waals surface area contributed by atoms with Crippen molar-refractivity contribution in [2.45, 2.75) is 39.2 Å². The Bertz CT molecular complexity index is 272. The summed E-state index contributed by atoms with van der Waals surface area (Å²) in [7, 11) is -2.74. The Morgan fingerprint density at radius 2 is 2.00 bits per heavy atom. The van der Waals surface area contributed by atoms with E-state index in [-0.39, 0.29) is 0 Å². The lowest BCUT2D eigenvalue weighted by atomic mass is 10.4. The van der Waals surface area contributed by atoms with Crippen molar-refractivity contribution in [1.82, 2.24) is 0 Å². The van der Waals surface area contributed by atoms with Crippen molar-refractivity contribution in [2.75, 3.05) is 6.61 Å². The molecule has 1 rings (SSSR count). The molecule has 0 N–H and O–H groups in total. The second kappa shape index (κ2) is 3.79. The van der Waals surface area contributed by atoms with E-state index in [1.165, 1.54) is 0 Å². The Hall–Kier alpha value is -0.126. The molecule has 0 aliphatic carbocycles. The van der Waals surface area contributed by atoms with Gasteiger partial charge in [-0.25, -0.2) is 0 Å². The molecule has 1 fully saturated rings. The van der Waals surface area contributed by atoms with Gasteiger partial charge < -0.3 is 4.43 Å². The van der Waals surface area contributed by atoms with Gasteiger partial charge in [0.05, 0.1) is 8.07 Å². The third-order valence-electron chi connectivity index (χ3n) is 2.88. The van der Waals surface area contributed by atoms with Crippen LogP contribution < -0.4 is 0 Å². The zero-order valence-corrected chi connectivity index (χ0v) is 12.1. The summed E-state index contributed by atoms with van der Waals surface area (Å²) in [5, 5.41) is 3.17. The topological polar surface area (TPSA) is 9.23 Å². The standard InChI is InChI=1S/C11H22OSi2/c1-7-10(13(2,3)4)11-8-9-12-14(11,5)6/h7H,1,8-9H2,2-6H3/b11-10-. The van der Waals surface area contributed by atoms with Gasteiger partial charge in [-0.1, -0.05) is 42.7 Å². The third kappa shape index (κ3) is 2.27. The van der Waals surface area contributed by atoms with Crippen LogP contribution >= 0.6 is 0 Å². The van der Waals surface area contributed by atoms with Gasteiger partial charge in [-0.2, -0.15) is 0 Å². The highest BCUT2D eigenvalue weighted by Crippen LogP contribution is 2.33. The largest absolute Gasteiger partial charge is 0.413 e. The molecule has 1 saturated heterocycles. The molecule has 0 aromatic rings. The van der Waals surface area contributed by atoms with Gasteiger partial charge in [0.1, 0.15) is 0 Å². The van der Waals surface area contributed by atoms with Crippen LogP contribution in [0.5, 0.6) is 0 Å². The van der Waals surface area contributed by atoms with Gasteiger partial charge in [-0.15, -0.1) is 0 Å². The van der Waals surface area contributed by atoms with Gasteiger partial charge in [0.15, 0.2) is 0 Å². The first-order chi connectivity index (χ1) is 6.29. The molecule has 0 aromatic carbocycles. The Balaban J connectivity index is 3.19. The van der Waals surface area contributed by atoms with Crippen molar-refractivity contribution in [1.29, 1.82) is 0 Å². The first-order valence-corrected chi connectivity index (χ1v) is 11.7. The van der Waals surface area contributed by atoms with E-state index in [1.54, 1.807) is 10.4 Å². The van der Waals surface area contributed by atoms with E-state index < -0.39 is 16.4 Å². The summed E-state index contributed by atoms with van der Waals surface area (Å²) in [6.07, 6.45) is 3.23. The predicted molar refractivity (Wildman–Crippen MR) is 68.6 cm³/mol. The molecule has 0 bridgehead atoms. The summed E-state index contributed by atoms with van der Waals surface area (Å²) in [5.41, 5.74) is 0. The maximum atomic E-state index is 5.89. The third-order valence-corrected chi connectivity index (χ3v) is 8.15. The minimum atomic E-state index is -1.52. The quantitative estimate of drug-likeness (QED) is 0.655. The highest BCUT2D eigenvalue weighted by Gasteiger charge is 2.37. The molecule has 1 nitrogen and oxygen atoms in total. The summed E-state index contributed by atoms with van der Waals surface area (Å²) < 4.78 is 5.89. The second-order valence-electron chi connectivity index (χ2n) is 5.46. The second-order valence-corrected chi connectivity index (χ2v) is 14.4. The smallest absolute Gasteiger partial charge is 0.214 e. The fraction of sp³-hybridized carbons (Fsp3) is 0.636. The average Bonchev–Trinajstić information content (AvgIpc) is 2.30. The molecule has 0 spiro atoms. The number of hydrogen-bond acceptors (Lipinski definition) is 1. The lowest BCUT2D eigenvalue weighted by Gasteiger charge is -2.26. The molecule has 14 heavy (non-hydrogen) atoms. The van der Waals surface area contributed by atoms with Crippen molar-refractivity contribution in [2.24, 2.45) is 0 Å². The van der Waals surface area contributed by atoms with Gasteiger partial charge in [0.2, 0.25) is 8.32 Å². The molecule has 0 aromatic heterocycles. The highest BCUT2D eigenvalue weighted by molar-refractivity contribution is 6.88. The van der Waals surface area contributed by atoms with Crippen molar-refractivity contribution < 1.29 is 4.43 Å². The van der Waals surface area contributed by atoms with Crippen LogP contribution in [0.25, 0.3) is 0 Å². The molecular weight excluding hydrogens is 204 g/mol. The summed E-state index contributed by atoms with van der Waals surface area (Å²) in [6, 6.07) is 0. The van der Waals surface area contributed by atoms with E-state index in [0.29, 0.717) is 0 Å². The van der Waals surface area contributed by atoms with Crippen LogP contribution in [0.3, 0.4) is 0 Å². The van der Waals surface area contributed by atoms with Crippen LogP contribution in [0.15, 0.2) is 23.0 Å². The molecule has 0 unspecified atom stereocenters. The molecule has 1 aliphatic heterocycles. The van der Waals surface area contributed by atoms with Crippen LogP contribution in [0.2, 0.25) is 32.7 Å². The molecule has 3 heteroatoms. The molecule has 1 aliphatic rings. The predicted octanol–water partition coefficient (Wildman–Crippen LogP) is 3.51. The first kappa shape index (κ1) is 11.9. The summed E-state index contributed by atoms with van der Waals surface area (Å²) >= 11 is 0. The summed E-state index contributed by atoms with van der Waals surface area (Å²) in [5.74, 6) is 0. The van der Waals surface area contributed by atoms with Crippen LogP contribution in [0.1, 0.15) is 6.42 Å². The number of rotatable bonds is 2. The normalized spacial score (nSPS) is 24.9. The van der Waals surface area contributed by atoms with E-state index in [4.69, 9.17) is 4.43 Å². The highest BCUT2D eigenvalue weighted by atomic mass is 28.4. The van der Waals surface area contributed by atoms with Gasteiger partial charge in [0, 0.05) is 6.61 Å². The molecule has 0 atom stereocenters. The molecule has 0 saturated carbocycles. The lowest BCUT2D eigenvalue weighted by molar-refractivity contribution is 0.350. The van der Waals surface area contributed by atoms with Crippen LogP contribution in [-0.4, -0.2) is 23.0 Å². The van der Waals surface area contributed by atoms with E-state index in [0.717, 1.165) is 13.0 Å². The number of hydrogen-bond donors (Lipinski definition) is 0. The fourth-order valence-electron chi connectivity index (χ4n) is 2.14. The zero-order valence-electron chi connectivity index (χ0n) is 10.1. The van der Waals surface area contributed by atoms with Crippen LogP contribution in [0, 0.1) is 0 Å². The molecule has 0 amide bonds. The Kier molecular flexibility index (Phi) is 3.24. The monoisotopic (exact) mass is 226 g/mol. The maximum Gasteiger partial charge on any atom is 0.214 e. The Labute approximate surface area is 90.0 Å². The molecule has 80 valence electrons. The van der Waals surface area contributed by atoms with Crippen LogP contribution in [0.4, 0.5) is 0 Å².